The van der Waals surface area contributed by atoms with Crippen LogP contribution in [-0.2, 0) is 0 Å². The molecule has 2 nitrogen and oxygen atoms in total. The molecule has 0 amide bonds. The Bertz CT molecular complexity index is 630. The van der Waals surface area contributed by atoms with Crippen molar-refractivity contribution in [1.29, 1.82) is 0 Å². The summed E-state index contributed by atoms with van der Waals surface area (Å²) >= 11 is 17.1. The Balaban J connectivity index is 2.47. The van der Waals surface area contributed by atoms with Gasteiger partial charge < -0.3 is 10.0 Å². The van der Waals surface area contributed by atoms with E-state index in [0.29, 0.717) is 15.5 Å². The highest BCUT2D eigenvalue weighted by molar-refractivity contribution is 7.84. The van der Waals surface area contributed by atoms with Gasteiger partial charge in [0.15, 0.2) is 5.75 Å². The molecule has 0 aliphatic carbocycles. The zero-order valence-corrected chi connectivity index (χ0v) is 13.6. The largest absolute Gasteiger partial charge is 0.505 e. The molecule has 0 bridgehead atoms. The summed E-state index contributed by atoms with van der Waals surface area (Å²) in [5.74, 6) is 0.106. The molecule has 2 aromatic rings. The number of hydrogen-bond acceptors (Lipinski definition) is 6. The average Bonchev–Trinajstić information content (AvgIpc) is 2.39. The minimum absolute atomic E-state index is 0.106. The van der Waals surface area contributed by atoms with Crippen LogP contribution in [0, 0.1) is 0 Å². The maximum Gasteiger partial charge on any atom is 0.153 e. The molecule has 19 heavy (non-hydrogen) atoms. The quantitative estimate of drug-likeness (QED) is 0.531. The lowest BCUT2D eigenvalue weighted by molar-refractivity contribution is 0.460. The minimum Gasteiger partial charge on any atom is -0.505 e. The predicted octanol–water partition coefficient (Wildman–Crippen LogP) is 4.31. The third kappa shape index (κ3) is 2.97. The molecule has 2 rings (SSSR count). The second-order valence-corrected chi connectivity index (χ2v) is 5.93. The van der Waals surface area contributed by atoms with Crippen LogP contribution in [0.3, 0.4) is 0 Å². The summed E-state index contributed by atoms with van der Waals surface area (Å²) < 4.78 is 0. The molecule has 1 N–H and O–H groups in total. The van der Waals surface area contributed by atoms with Crippen LogP contribution in [-0.4, -0.2) is 12.2 Å². The summed E-state index contributed by atoms with van der Waals surface area (Å²) in [4.78, 5) is 4.55. The maximum atomic E-state index is 10.1. The molecule has 6 heteroatoms. The fourth-order valence-corrected chi connectivity index (χ4v) is 2.40. The van der Waals surface area contributed by atoms with E-state index in [1.807, 2.05) is 30.1 Å². The number of phenols is 1. The van der Waals surface area contributed by atoms with Gasteiger partial charge in [-0.15, -0.1) is 50.5 Å². The number of thiol groups is 4. The third-order valence-electron chi connectivity index (χ3n) is 2.82. The second-order valence-electron chi connectivity index (χ2n) is 4.03. The number of aromatic hydroxyl groups is 1. The molecular weight excluding hydrogens is 314 g/mol. The van der Waals surface area contributed by atoms with Gasteiger partial charge in [-0.05, 0) is 30.3 Å². The van der Waals surface area contributed by atoms with Crippen LogP contribution in [0.25, 0.3) is 0 Å². The van der Waals surface area contributed by atoms with Crippen LogP contribution in [0.5, 0.6) is 5.75 Å². The smallest absolute Gasteiger partial charge is 0.153 e. The third-order valence-corrected chi connectivity index (χ3v) is 4.75. The summed E-state index contributed by atoms with van der Waals surface area (Å²) in [6, 6.07) is 9.25. The molecule has 0 aliphatic heterocycles. The first-order chi connectivity index (χ1) is 8.91. The molecule has 0 fully saturated rings. The van der Waals surface area contributed by atoms with Crippen LogP contribution >= 0.6 is 50.5 Å². The van der Waals surface area contributed by atoms with Crippen molar-refractivity contribution in [3.63, 3.8) is 0 Å². The van der Waals surface area contributed by atoms with Gasteiger partial charge in [-0.3, -0.25) is 0 Å². The molecule has 0 aliphatic rings. The van der Waals surface area contributed by atoms with E-state index in [1.54, 1.807) is 12.1 Å². The van der Waals surface area contributed by atoms with Gasteiger partial charge in [0.25, 0.3) is 0 Å². The Morgan fingerprint density at radius 1 is 0.895 bits per heavy atom. The molecule has 0 heterocycles. The van der Waals surface area contributed by atoms with Gasteiger partial charge in [0.1, 0.15) is 0 Å². The fraction of sp³-hybridized carbons (Fsp3) is 0.0769. The van der Waals surface area contributed by atoms with Crippen LogP contribution in [0.1, 0.15) is 0 Å². The van der Waals surface area contributed by atoms with Gasteiger partial charge in [0, 0.05) is 27.4 Å². The van der Waals surface area contributed by atoms with E-state index in [0.717, 1.165) is 15.5 Å². The number of nitrogens with zero attached hydrogens (tertiary/aromatic N) is 1. The maximum absolute atomic E-state index is 10.1. The van der Waals surface area contributed by atoms with E-state index in [-0.39, 0.29) is 5.75 Å². The summed E-state index contributed by atoms with van der Waals surface area (Å²) in [6.07, 6.45) is 0. The van der Waals surface area contributed by atoms with Crippen LogP contribution in [0.15, 0.2) is 49.9 Å². The molecule has 0 spiro atoms. The lowest BCUT2D eigenvalue weighted by Gasteiger charge is -2.22. The van der Waals surface area contributed by atoms with Gasteiger partial charge in [-0.25, -0.2) is 0 Å². The first-order valence-corrected chi connectivity index (χ1v) is 7.20. The van der Waals surface area contributed by atoms with Gasteiger partial charge in [0.05, 0.1) is 10.6 Å². The zero-order valence-electron chi connectivity index (χ0n) is 10.1. The summed E-state index contributed by atoms with van der Waals surface area (Å²) in [6.45, 7) is 0. The molecule has 0 radical (unpaired) electrons. The Morgan fingerprint density at radius 3 is 2.16 bits per heavy atom. The van der Waals surface area contributed by atoms with Crippen molar-refractivity contribution in [2.24, 2.45) is 0 Å². The molecule has 2 aromatic carbocycles. The molecule has 0 saturated heterocycles. The van der Waals surface area contributed by atoms with Gasteiger partial charge >= 0.3 is 0 Å². The first kappa shape index (κ1) is 14.8. The lowest BCUT2D eigenvalue weighted by Crippen LogP contribution is -2.09. The topological polar surface area (TPSA) is 23.5 Å². The Morgan fingerprint density at radius 2 is 1.53 bits per heavy atom. The van der Waals surface area contributed by atoms with E-state index in [2.05, 4.69) is 50.5 Å². The van der Waals surface area contributed by atoms with E-state index in [1.165, 1.54) is 0 Å². The van der Waals surface area contributed by atoms with Gasteiger partial charge in [0.2, 0.25) is 0 Å². The van der Waals surface area contributed by atoms with Crippen molar-refractivity contribution in [3.05, 3.63) is 30.3 Å². The van der Waals surface area contributed by atoms with Crippen molar-refractivity contribution in [2.75, 3.05) is 11.9 Å². The van der Waals surface area contributed by atoms with E-state index in [9.17, 15) is 5.11 Å². The SMILES string of the molecule is CN(c1ccc(S)c(S)c1)c1ccc(S)c(S)c1O. The van der Waals surface area contributed by atoms with E-state index in [4.69, 9.17) is 0 Å². The van der Waals surface area contributed by atoms with E-state index < -0.39 is 0 Å². The standard InChI is InChI=1S/C13H13NOS4/c1-14(7-2-4-9(16)11(18)6-7)8-3-5-10(17)13(19)12(8)15/h2-6,15-19H,1H3. The van der Waals surface area contributed by atoms with Crippen LogP contribution < -0.4 is 4.90 Å². The number of rotatable bonds is 2. The van der Waals surface area contributed by atoms with Crippen LogP contribution in [0.2, 0.25) is 0 Å². The Hall–Kier alpha value is -0.560. The lowest BCUT2D eigenvalue weighted by atomic mass is 10.2. The molecule has 0 atom stereocenters. The van der Waals surface area contributed by atoms with Crippen molar-refractivity contribution in [3.8, 4) is 5.75 Å². The molecule has 100 valence electrons. The van der Waals surface area contributed by atoms with Gasteiger partial charge in [-0.2, -0.15) is 0 Å². The molecular formula is C13H13NOS4. The zero-order chi connectivity index (χ0) is 14.2. The molecule has 0 saturated carbocycles. The Kier molecular flexibility index (Phi) is 4.55. The number of anilines is 2. The van der Waals surface area contributed by atoms with E-state index >= 15 is 0 Å². The first-order valence-electron chi connectivity index (χ1n) is 5.41. The minimum atomic E-state index is 0.106. The average molecular weight is 328 g/mol. The highest BCUT2D eigenvalue weighted by atomic mass is 32.1. The number of hydrogen-bond donors (Lipinski definition) is 5. The van der Waals surface area contributed by atoms with Crippen molar-refractivity contribution in [1.82, 2.24) is 0 Å². The van der Waals surface area contributed by atoms with Crippen molar-refractivity contribution < 1.29 is 5.11 Å². The summed E-state index contributed by atoms with van der Waals surface area (Å²) in [7, 11) is 1.86. The molecule has 0 aromatic heterocycles. The fourth-order valence-electron chi connectivity index (χ4n) is 1.69. The highest BCUT2D eigenvalue weighted by Gasteiger charge is 2.13. The number of benzene rings is 2. The van der Waals surface area contributed by atoms with Crippen molar-refractivity contribution >= 4 is 61.9 Å². The van der Waals surface area contributed by atoms with Gasteiger partial charge in [-0.1, -0.05) is 0 Å². The summed E-state index contributed by atoms with van der Waals surface area (Å²) in [5.41, 5.74) is 1.56. The van der Waals surface area contributed by atoms with Crippen molar-refractivity contribution in [2.45, 2.75) is 19.6 Å². The monoisotopic (exact) mass is 327 g/mol. The molecule has 0 unspecified atom stereocenters. The normalized spacial score (nSPS) is 10.6. The predicted molar refractivity (Wildman–Crippen MR) is 91.6 cm³/mol. The summed E-state index contributed by atoms with van der Waals surface area (Å²) in [5, 5.41) is 10.1. The highest BCUT2D eigenvalue weighted by Crippen LogP contribution is 2.40. The Labute approximate surface area is 134 Å². The number of phenolic OH excluding ortho intramolecular Hbond substituents is 1. The van der Waals surface area contributed by atoms with Crippen LogP contribution in [0.4, 0.5) is 11.4 Å². The second kappa shape index (κ2) is 5.83.